The summed E-state index contributed by atoms with van der Waals surface area (Å²) in [4.78, 5) is 13.5. The first-order chi connectivity index (χ1) is 8.15. The molecule has 1 fully saturated rings. The molecule has 1 N–H and O–H groups in total. The Bertz CT molecular complexity index is 239. The van der Waals surface area contributed by atoms with Gasteiger partial charge in [0.1, 0.15) is 0 Å². The molecular weight excluding hydrogens is 240 g/mol. The standard InChI is InChI=1S/C12H23ClN2O2/c1-10(3-6-13)4-7-15-8-5-11(9-15)14-12(16)17-2/h10-11H,3-9H2,1-2H3,(H,14,16). The number of rotatable bonds is 6. The SMILES string of the molecule is COC(=O)NC1CCN(CCC(C)CCCl)C1. The van der Waals surface area contributed by atoms with Gasteiger partial charge in [-0.25, -0.2) is 4.79 Å². The van der Waals surface area contributed by atoms with Crippen LogP contribution >= 0.6 is 11.6 Å². The molecule has 1 aliphatic heterocycles. The molecule has 0 spiro atoms. The van der Waals surface area contributed by atoms with Gasteiger partial charge < -0.3 is 15.0 Å². The summed E-state index contributed by atoms with van der Waals surface area (Å²) in [5.74, 6) is 1.42. The zero-order valence-corrected chi connectivity index (χ0v) is 11.5. The largest absolute Gasteiger partial charge is 0.453 e. The number of hydrogen-bond donors (Lipinski definition) is 1. The van der Waals surface area contributed by atoms with Crippen molar-refractivity contribution in [2.24, 2.45) is 5.92 Å². The van der Waals surface area contributed by atoms with Crippen molar-refractivity contribution in [3.8, 4) is 0 Å². The van der Waals surface area contributed by atoms with Crippen LogP contribution in [-0.2, 0) is 4.74 Å². The molecule has 0 radical (unpaired) electrons. The average molecular weight is 263 g/mol. The first-order valence-corrected chi connectivity index (χ1v) is 6.82. The topological polar surface area (TPSA) is 41.6 Å². The van der Waals surface area contributed by atoms with Crippen LogP contribution in [0.15, 0.2) is 0 Å². The number of likely N-dealkylation sites (tertiary alicyclic amines) is 1. The van der Waals surface area contributed by atoms with Crippen molar-refractivity contribution in [2.45, 2.75) is 32.2 Å². The van der Waals surface area contributed by atoms with Crippen molar-refractivity contribution in [2.75, 3.05) is 32.6 Å². The third kappa shape index (κ3) is 5.59. The smallest absolute Gasteiger partial charge is 0.407 e. The number of hydrogen-bond acceptors (Lipinski definition) is 3. The molecule has 1 rings (SSSR count). The summed E-state index contributed by atoms with van der Waals surface area (Å²) >= 11 is 5.71. The van der Waals surface area contributed by atoms with Crippen LogP contribution in [0.3, 0.4) is 0 Å². The molecule has 5 heteroatoms. The number of amides is 1. The highest BCUT2D eigenvalue weighted by Crippen LogP contribution is 2.14. The minimum Gasteiger partial charge on any atom is -0.453 e. The van der Waals surface area contributed by atoms with Crippen LogP contribution in [0.2, 0.25) is 0 Å². The molecule has 1 heterocycles. The Morgan fingerprint density at radius 2 is 2.35 bits per heavy atom. The predicted octanol–water partition coefficient (Wildman–Crippen LogP) is 2.07. The number of alkyl carbamates (subject to hydrolysis) is 1. The van der Waals surface area contributed by atoms with E-state index in [9.17, 15) is 4.79 Å². The maximum atomic E-state index is 11.1. The van der Waals surface area contributed by atoms with Crippen molar-refractivity contribution in [1.82, 2.24) is 10.2 Å². The third-order valence-electron chi connectivity index (χ3n) is 3.32. The number of methoxy groups -OCH3 is 1. The van der Waals surface area contributed by atoms with E-state index < -0.39 is 0 Å². The number of nitrogens with zero attached hydrogens (tertiary/aromatic N) is 1. The van der Waals surface area contributed by atoms with E-state index >= 15 is 0 Å². The fourth-order valence-electron chi connectivity index (χ4n) is 2.11. The van der Waals surface area contributed by atoms with E-state index in [0.29, 0.717) is 5.92 Å². The van der Waals surface area contributed by atoms with E-state index in [4.69, 9.17) is 11.6 Å². The van der Waals surface area contributed by atoms with Gasteiger partial charge in [0.25, 0.3) is 0 Å². The van der Waals surface area contributed by atoms with Crippen LogP contribution in [0.1, 0.15) is 26.2 Å². The lowest BCUT2D eigenvalue weighted by Crippen LogP contribution is -2.37. The molecule has 100 valence electrons. The molecule has 1 amide bonds. The Morgan fingerprint density at radius 3 is 3.00 bits per heavy atom. The van der Waals surface area contributed by atoms with Crippen LogP contribution in [-0.4, -0.2) is 49.7 Å². The van der Waals surface area contributed by atoms with Gasteiger partial charge >= 0.3 is 6.09 Å². The molecule has 0 aromatic rings. The molecule has 1 aliphatic rings. The van der Waals surface area contributed by atoms with E-state index in [0.717, 1.165) is 38.4 Å². The van der Waals surface area contributed by atoms with Gasteiger partial charge in [0.2, 0.25) is 0 Å². The number of halogens is 1. The molecule has 0 bridgehead atoms. The molecular formula is C12H23ClN2O2. The fraction of sp³-hybridized carbons (Fsp3) is 0.917. The Kier molecular flexibility index (Phi) is 6.66. The van der Waals surface area contributed by atoms with Crippen molar-refractivity contribution >= 4 is 17.7 Å². The maximum absolute atomic E-state index is 11.1. The van der Waals surface area contributed by atoms with Crippen LogP contribution in [0.25, 0.3) is 0 Å². The second-order valence-corrected chi connectivity index (χ2v) is 5.17. The van der Waals surface area contributed by atoms with E-state index in [-0.39, 0.29) is 12.1 Å². The van der Waals surface area contributed by atoms with E-state index in [1.807, 2.05) is 0 Å². The summed E-state index contributed by atoms with van der Waals surface area (Å²) in [6, 6.07) is 0.241. The molecule has 1 saturated heterocycles. The van der Waals surface area contributed by atoms with Crippen molar-refractivity contribution < 1.29 is 9.53 Å². The summed E-state index contributed by atoms with van der Waals surface area (Å²) in [5.41, 5.74) is 0. The quantitative estimate of drug-likeness (QED) is 0.745. The summed E-state index contributed by atoms with van der Waals surface area (Å²) in [7, 11) is 1.40. The number of carbonyl (C=O) groups excluding carboxylic acids is 1. The lowest BCUT2D eigenvalue weighted by molar-refractivity contribution is 0.166. The molecule has 4 nitrogen and oxygen atoms in total. The fourth-order valence-corrected chi connectivity index (χ4v) is 2.49. The molecule has 0 aliphatic carbocycles. The minimum atomic E-state index is -0.327. The molecule has 0 aromatic heterocycles. The van der Waals surface area contributed by atoms with E-state index in [1.165, 1.54) is 13.5 Å². The molecule has 2 unspecified atom stereocenters. The van der Waals surface area contributed by atoms with Crippen molar-refractivity contribution in [3.63, 3.8) is 0 Å². The summed E-state index contributed by atoms with van der Waals surface area (Å²) in [5, 5.41) is 2.85. The second kappa shape index (κ2) is 7.77. The Balaban J connectivity index is 2.15. The lowest BCUT2D eigenvalue weighted by Gasteiger charge is -2.18. The second-order valence-electron chi connectivity index (χ2n) is 4.79. The van der Waals surface area contributed by atoms with Gasteiger partial charge in [-0.15, -0.1) is 11.6 Å². The van der Waals surface area contributed by atoms with Gasteiger partial charge in [-0.05, 0) is 31.7 Å². The minimum absolute atomic E-state index is 0.241. The summed E-state index contributed by atoms with van der Waals surface area (Å²) in [6.45, 7) is 5.32. The Hall–Kier alpha value is -0.480. The van der Waals surface area contributed by atoms with E-state index in [1.54, 1.807) is 0 Å². The maximum Gasteiger partial charge on any atom is 0.407 e. The zero-order chi connectivity index (χ0) is 12.7. The van der Waals surface area contributed by atoms with Gasteiger partial charge in [-0.2, -0.15) is 0 Å². The predicted molar refractivity (Wildman–Crippen MR) is 69.5 cm³/mol. The highest BCUT2D eigenvalue weighted by atomic mass is 35.5. The van der Waals surface area contributed by atoms with E-state index in [2.05, 4.69) is 21.9 Å². The monoisotopic (exact) mass is 262 g/mol. The number of ether oxygens (including phenoxy) is 1. The van der Waals surface area contributed by atoms with Crippen LogP contribution in [0.5, 0.6) is 0 Å². The number of alkyl halides is 1. The first-order valence-electron chi connectivity index (χ1n) is 6.28. The highest BCUT2D eigenvalue weighted by Gasteiger charge is 2.23. The normalized spacial score (nSPS) is 22.4. The van der Waals surface area contributed by atoms with Gasteiger partial charge in [0.15, 0.2) is 0 Å². The third-order valence-corrected chi connectivity index (χ3v) is 3.54. The Morgan fingerprint density at radius 1 is 1.59 bits per heavy atom. The zero-order valence-electron chi connectivity index (χ0n) is 10.7. The van der Waals surface area contributed by atoms with Crippen molar-refractivity contribution in [3.05, 3.63) is 0 Å². The highest BCUT2D eigenvalue weighted by molar-refractivity contribution is 6.17. The van der Waals surface area contributed by atoms with Crippen LogP contribution in [0.4, 0.5) is 4.79 Å². The Labute approximate surface area is 109 Å². The molecule has 0 saturated carbocycles. The van der Waals surface area contributed by atoms with Crippen LogP contribution < -0.4 is 5.32 Å². The molecule has 2 atom stereocenters. The number of carbonyl (C=O) groups is 1. The summed E-state index contributed by atoms with van der Waals surface area (Å²) < 4.78 is 4.59. The lowest BCUT2D eigenvalue weighted by atomic mass is 10.1. The first kappa shape index (κ1) is 14.6. The van der Waals surface area contributed by atoms with Gasteiger partial charge in [0, 0.05) is 25.0 Å². The average Bonchev–Trinajstić information content (AvgIpc) is 2.74. The van der Waals surface area contributed by atoms with Gasteiger partial charge in [-0.1, -0.05) is 6.92 Å². The van der Waals surface area contributed by atoms with Gasteiger partial charge in [-0.3, -0.25) is 0 Å². The molecule has 17 heavy (non-hydrogen) atoms. The summed E-state index contributed by atoms with van der Waals surface area (Å²) in [6.07, 6.45) is 2.95. The van der Waals surface area contributed by atoms with Gasteiger partial charge in [0.05, 0.1) is 7.11 Å². The van der Waals surface area contributed by atoms with Crippen molar-refractivity contribution in [1.29, 1.82) is 0 Å². The number of nitrogens with one attached hydrogen (secondary N) is 1. The van der Waals surface area contributed by atoms with Crippen LogP contribution in [0, 0.1) is 5.92 Å². The molecule has 0 aromatic carbocycles.